The second-order valence-electron chi connectivity index (χ2n) is 27.0. The van der Waals surface area contributed by atoms with Gasteiger partial charge in [-0.2, -0.15) is 12.6 Å². The van der Waals surface area contributed by atoms with Gasteiger partial charge in [-0.1, -0.05) is 310 Å². The maximum Gasteiger partial charge on any atom is 1.00 e. The van der Waals surface area contributed by atoms with Gasteiger partial charge in [0, 0.05) is 74.3 Å². The summed E-state index contributed by atoms with van der Waals surface area (Å²) >= 11 is 7.80. The number of hydrogen-bond acceptors (Lipinski definition) is 13. The van der Waals surface area contributed by atoms with Crippen LogP contribution in [0.15, 0.2) is 0 Å². The van der Waals surface area contributed by atoms with E-state index in [1.807, 2.05) is 21.6 Å². The number of rotatable bonds is 63. The first-order valence-electron chi connectivity index (χ1n) is 40.6. The normalized spacial score (nSPS) is 10.6. The van der Waals surface area contributed by atoms with Crippen LogP contribution in [0.2, 0.25) is 0 Å². The van der Waals surface area contributed by atoms with Crippen LogP contribution in [0.4, 0.5) is 0 Å². The Kier molecular flexibility index (Phi) is 155. The molecule has 107 heavy (non-hydrogen) atoms. The second kappa shape index (κ2) is 123. The SMILES string of the molecule is CC([NH-])=O.CC([NH-])=O.CC([NH-])=O.CC([NH-])=O.CC([NH-])=O.CC([NH-])=O.CS.[CH2-]C(CCCCCNC(=O)CCCCCCCCCCCCCCC)SSC([CH2-])CCCCCNC(=O)CCCCCCCCCCCCCCC.[CH2-]C(S)CCCCCNC(=O)CCCCCCCCCCCCCCC.[K+].[K+].[K+]. The summed E-state index contributed by atoms with van der Waals surface area (Å²) in [5, 5.41) is 10.3. The molecule has 0 heterocycles. The van der Waals surface area contributed by atoms with Crippen molar-refractivity contribution < 1.29 is 197 Å². The smallest absolute Gasteiger partial charge is 0.668 e. The molecule has 9 N–H and O–H groups in total. The van der Waals surface area contributed by atoms with Gasteiger partial charge in [-0.05, 0) is 86.3 Å². The first-order valence-corrected chi connectivity index (χ1v) is 44.3. The second-order valence-corrected chi connectivity index (χ2v) is 30.6. The Hall–Kier alpha value is 1.54. The number of unbranched alkanes of at least 4 members (excludes halogenated alkanes) is 42. The van der Waals surface area contributed by atoms with Gasteiger partial charge in [0.15, 0.2) is 0 Å². The Balaban J connectivity index is -0.000000135. The van der Waals surface area contributed by atoms with E-state index in [1.165, 1.54) is 286 Å². The van der Waals surface area contributed by atoms with E-state index in [-0.39, 0.29) is 177 Å². The summed E-state index contributed by atoms with van der Waals surface area (Å²) in [7, 11) is 3.77. The Labute approximate surface area is 807 Å². The molecule has 0 aromatic rings. The van der Waals surface area contributed by atoms with Crippen molar-refractivity contribution in [2.24, 2.45) is 0 Å². The minimum Gasteiger partial charge on any atom is -0.668 e. The van der Waals surface area contributed by atoms with Crippen LogP contribution in [0.1, 0.15) is 409 Å². The third kappa shape index (κ3) is 194. The predicted octanol–water partition coefficient (Wildman–Crippen LogP) is 17.4. The van der Waals surface area contributed by atoms with Crippen LogP contribution in [0.5, 0.6) is 0 Å². The van der Waals surface area contributed by atoms with E-state index in [0.29, 0.717) is 29.8 Å². The van der Waals surface area contributed by atoms with Crippen molar-refractivity contribution in [3.63, 3.8) is 0 Å². The van der Waals surface area contributed by atoms with Gasteiger partial charge in [0.2, 0.25) is 17.7 Å². The Bertz CT molecular complexity index is 1660. The van der Waals surface area contributed by atoms with Gasteiger partial charge in [-0.3, -0.25) is 14.4 Å². The average molecular weight is 1670 g/mol. The molecule has 0 saturated carbocycles. The van der Waals surface area contributed by atoms with Crippen molar-refractivity contribution >= 4 is 100 Å². The molecule has 18 nitrogen and oxygen atoms in total. The molecule has 0 aliphatic heterocycles. The van der Waals surface area contributed by atoms with Gasteiger partial charge in [-0.25, -0.2) is 12.6 Å². The van der Waals surface area contributed by atoms with Crippen LogP contribution in [0, 0.1) is 20.8 Å². The number of hydrogen-bond donors (Lipinski definition) is 5. The fourth-order valence-corrected chi connectivity index (χ4v) is 12.7. The molecule has 0 spiro atoms. The van der Waals surface area contributed by atoms with Crippen molar-refractivity contribution in [1.29, 1.82) is 0 Å². The third-order valence-corrected chi connectivity index (χ3v) is 18.8. The molecule has 0 radical (unpaired) electrons. The standard InChI is InChI=1S/C46H90N2O2S2.C23H46NOS.6C2H5NO.CH4S.3K/c1-5-7-9-11-13-15-17-19-21-23-25-27-33-39-45(49)47-41-35-29-31-37-43(3)51-52-44(4)38-32-30-36-42-48-46(50)40-34-28-26-24-22-20-18-16-14-12-10-8-6-2;1-3-4-5-6-7-8-9-10-11-12-13-14-17-20-23(25)24-21-18-15-16-19-22(2)26;6*1-2(3)4;1-2;;;/h43-44H,3-42H2,1-2H3,(H,47,49)(H,48,50);22,26H,2-21H2,1H3,(H,24,25);6*1H3,(H2,3,4);2H,1H3;;;/q-2;-1;;;;;;;;3*+1/p-6. The van der Waals surface area contributed by atoms with E-state index in [9.17, 15) is 14.4 Å². The molecule has 0 bridgehead atoms. The molecule has 0 aliphatic rings. The first kappa shape index (κ1) is 135. The summed E-state index contributed by atoms with van der Waals surface area (Å²) in [4.78, 5) is 90.7. The van der Waals surface area contributed by atoms with Gasteiger partial charge in [-0.15, -0.1) is 37.3 Å². The summed E-state index contributed by atoms with van der Waals surface area (Å²) in [6, 6.07) is 0. The van der Waals surface area contributed by atoms with E-state index >= 15 is 0 Å². The molecule has 9 amide bonds. The van der Waals surface area contributed by atoms with Gasteiger partial charge < -0.3 is 99.9 Å². The van der Waals surface area contributed by atoms with E-state index in [2.05, 4.69) is 82.8 Å². The van der Waals surface area contributed by atoms with Gasteiger partial charge in [0.25, 0.3) is 0 Å². The zero-order valence-corrected chi connectivity index (χ0v) is 84.3. The topological polar surface area (TPSA) is 333 Å². The molecule has 0 aromatic heterocycles. The maximum atomic E-state index is 12.1. The molecular weight excluding hydrogens is 1500 g/mol. The Morgan fingerprint density at radius 2 is 0.411 bits per heavy atom. The Morgan fingerprint density at radius 1 is 0.271 bits per heavy atom. The molecule has 3 atom stereocenters. The van der Waals surface area contributed by atoms with Crippen molar-refractivity contribution in [2.45, 2.75) is 425 Å². The van der Waals surface area contributed by atoms with Crippen LogP contribution in [-0.2, 0) is 43.2 Å². The van der Waals surface area contributed by atoms with Crippen LogP contribution in [-0.4, -0.2) is 94.8 Å². The number of nitrogens with one attached hydrogen (secondary N) is 9. The summed E-state index contributed by atoms with van der Waals surface area (Å²) in [6.07, 6.45) is 69.6. The van der Waals surface area contributed by atoms with Gasteiger partial charge in [0.1, 0.15) is 0 Å². The average Bonchev–Trinajstić information content (AvgIpc) is 1.07. The van der Waals surface area contributed by atoms with Crippen molar-refractivity contribution in [3.05, 3.63) is 55.2 Å². The van der Waals surface area contributed by atoms with Crippen LogP contribution in [0.3, 0.4) is 0 Å². The monoisotopic (exact) mass is 1660 g/mol. The van der Waals surface area contributed by atoms with Crippen LogP contribution in [0.25, 0.3) is 34.4 Å². The molecule has 0 rings (SSSR count). The number of amides is 9. The minimum absolute atomic E-state index is 0. The Morgan fingerprint density at radius 3 is 0.570 bits per heavy atom. The third-order valence-electron chi connectivity index (χ3n) is 15.4. The van der Waals surface area contributed by atoms with E-state index < -0.39 is 35.4 Å². The quantitative estimate of drug-likeness (QED) is 0.0125. The van der Waals surface area contributed by atoms with Crippen molar-refractivity contribution in [3.8, 4) is 0 Å². The fourth-order valence-electron chi connectivity index (χ4n) is 10.1. The molecule has 0 aliphatic carbocycles. The molecular formula is C82H164K3N9O9S4-6. The predicted molar refractivity (Wildman–Crippen MR) is 462 cm³/mol. The number of thiol groups is 2. The number of carbonyl (C=O) groups is 9. The van der Waals surface area contributed by atoms with Gasteiger partial charge >= 0.3 is 154 Å². The molecule has 0 fully saturated rings. The molecule has 624 valence electrons. The summed E-state index contributed by atoms with van der Waals surface area (Å²) in [5.74, 6) is -2.80. The number of carbonyl (C=O) groups excluding carboxylic acids is 9. The zero-order chi connectivity index (χ0) is 80.8. The molecule has 3 unspecified atom stereocenters. The van der Waals surface area contributed by atoms with Gasteiger partial charge in [0.05, 0.1) is 0 Å². The largest absolute Gasteiger partial charge is 1.00 e. The molecule has 0 saturated heterocycles. The van der Waals surface area contributed by atoms with Crippen molar-refractivity contribution in [1.82, 2.24) is 16.0 Å². The van der Waals surface area contributed by atoms with Crippen LogP contribution >= 0.6 is 46.8 Å². The first-order chi connectivity index (χ1) is 49.5. The minimum atomic E-state index is -0.583. The molecule has 0 aromatic carbocycles. The molecule has 25 heteroatoms. The van der Waals surface area contributed by atoms with Crippen molar-refractivity contribution in [2.75, 3.05) is 25.9 Å². The van der Waals surface area contributed by atoms with E-state index in [0.717, 1.165) is 103 Å². The summed E-state index contributed by atoms with van der Waals surface area (Å²) in [6.45, 7) is 29.0. The summed E-state index contributed by atoms with van der Waals surface area (Å²) in [5.41, 5.74) is 35.7. The maximum absolute atomic E-state index is 12.1. The van der Waals surface area contributed by atoms with E-state index in [4.69, 9.17) is 63.2 Å². The van der Waals surface area contributed by atoms with E-state index in [1.54, 1.807) is 6.26 Å². The zero-order valence-electron chi connectivity index (χ0n) is 71.5. The summed E-state index contributed by atoms with van der Waals surface area (Å²) < 4.78 is 0. The van der Waals surface area contributed by atoms with Crippen LogP contribution < -0.4 is 170 Å². The fraction of sp³-hybridized carbons (Fsp3) is 0.854.